The fourth-order valence-electron chi connectivity index (χ4n) is 3.38. The van der Waals surface area contributed by atoms with Crippen LogP contribution in [0.1, 0.15) is 37.7 Å². The van der Waals surface area contributed by atoms with E-state index < -0.39 is 5.60 Å². The average Bonchev–Trinajstić information content (AvgIpc) is 2.89. The second-order valence-electron chi connectivity index (χ2n) is 6.21. The number of cyclic esters (lactones) is 1. The number of ether oxygens (including phenoxy) is 2. The fourth-order valence-corrected chi connectivity index (χ4v) is 3.38. The standard InChI is InChI=1S/C17H23NO4/c1-21-12-15-11-18(16(19)22-15)14-7-5-13(6-8-14)17(20)9-3-2-4-10-17/h5-8,15,20H,2-4,9-12H2,1H3. The van der Waals surface area contributed by atoms with Crippen molar-refractivity contribution >= 4 is 11.8 Å². The molecule has 0 bridgehead atoms. The van der Waals surface area contributed by atoms with Gasteiger partial charge < -0.3 is 14.6 Å². The van der Waals surface area contributed by atoms with E-state index in [1.165, 1.54) is 6.42 Å². The van der Waals surface area contributed by atoms with E-state index in [1.807, 2.05) is 24.3 Å². The Hall–Kier alpha value is -1.59. The van der Waals surface area contributed by atoms with E-state index in [9.17, 15) is 9.90 Å². The summed E-state index contributed by atoms with van der Waals surface area (Å²) in [5.41, 5.74) is 1.03. The average molecular weight is 305 g/mol. The summed E-state index contributed by atoms with van der Waals surface area (Å²) in [6.45, 7) is 0.899. The summed E-state index contributed by atoms with van der Waals surface area (Å²) in [5.74, 6) is 0. The van der Waals surface area contributed by atoms with Gasteiger partial charge in [-0.15, -0.1) is 0 Å². The lowest BCUT2D eigenvalue weighted by molar-refractivity contribution is -0.000613. The quantitative estimate of drug-likeness (QED) is 0.929. The van der Waals surface area contributed by atoms with Gasteiger partial charge in [0.2, 0.25) is 0 Å². The highest BCUT2D eigenvalue weighted by molar-refractivity contribution is 5.89. The summed E-state index contributed by atoms with van der Waals surface area (Å²) in [4.78, 5) is 13.5. The molecular weight excluding hydrogens is 282 g/mol. The number of aliphatic hydroxyl groups is 1. The van der Waals surface area contributed by atoms with Crippen molar-refractivity contribution in [3.8, 4) is 0 Å². The second kappa shape index (κ2) is 6.26. The number of carbonyl (C=O) groups excluding carboxylic acids is 1. The molecule has 1 aromatic carbocycles. The molecule has 2 aliphatic rings. The molecule has 1 heterocycles. The molecule has 1 aliphatic heterocycles. The molecular formula is C17H23NO4. The first-order valence-corrected chi connectivity index (χ1v) is 7.92. The Morgan fingerprint density at radius 1 is 1.27 bits per heavy atom. The molecule has 3 rings (SSSR count). The van der Waals surface area contributed by atoms with Crippen LogP contribution in [-0.4, -0.2) is 37.6 Å². The van der Waals surface area contributed by atoms with Crippen LogP contribution in [0.25, 0.3) is 0 Å². The maximum atomic E-state index is 11.9. The maximum Gasteiger partial charge on any atom is 0.414 e. The van der Waals surface area contributed by atoms with Crippen LogP contribution in [-0.2, 0) is 15.1 Å². The van der Waals surface area contributed by atoms with Crippen molar-refractivity contribution in [1.82, 2.24) is 0 Å². The second-order valence-corrected chi connectivity index (χ2v) is 6.21. The number of rotatable bonds is 4. The van der Waals surface area contributed by atoms with Crippen LogP contribution in [0.4, 0.5) is 10.5 Å². The molecule has 1 atom stereocenters. The lowest BCUT2D eigenvalue weighted by atomic mass is 9.80. The highest BCUT2D eigenvalue weighted by atomic mass is 16.6. The highest BCUT2D eigenvalue weighted by Crippen LogP contribution is 2.37. The molecule has 120 valence electrons. The Balaban J connectivity index is 1.73. The first-order valence-electron chi connectivity index (χ1n) is 7.92. The van der Waals surface area contributed by atoms with Gasteiger partial charge in [0.05, 0.1) is 18.8 Å². The summed E-state index contributed by atoms with van der Waals surface area (Å²) >= 11 is 0. The first-order chi connectivity index (χ1) is 10.6. The molecule has 1 saturated heterocycles. The monoisotopic (exact) mass is 305 g/mol. The van der Waals surface area contributed by atoms with Crippen LogP contribution in [0.3, 0.4) is 0 Å². The van der Waals surface area contributed by atoms with Gasteiger partial charge in [-0.1, -0.05) is 31.4 Å². The molecule has 0 radical (unpaired) electrons. The third-order valence-corrected chi connectivity index (χ3v) is 4.62. The minimum absolute atomic E-state index is 0.222. The molecule has 22 heavy (non-hydrogen) atoms. The van der Waals surface area contributed by atoms with Gasteiger partial charge >= 0.3 is 6.09 Å². The molecule has 5 heteroatoms. The van der Waals surface area contributed by atoms with Gasteiger partial charge in [-0.05, 0) is 30.5 Å². The van der Waals surface area contributed by atoms with Gasteiger partial charge in [-0.2, -0.15) is 0 Å². The van der Waals surface area contributed by atoms with Crippen LogP contribution in [0, 0.1) is 0 Å². The summed E-state index contributed by atoms with van der Waals surface area (Å²) in [6.07, 6.45) is 4.39. The molecule has 5 nitrogen and oxygen atoms in total. The molecule has 1 unspecified atom stereocenters. The zero-order valence-corrected chi connectivity index (χ0v) is 13.0. The van der Waals surface area contributed by atoms with Crippen molar-refractivity contribution in [2.45, 2.75) is 43.8 Å². The molecule has 1 amide bonds. The predicted molar refractivity (Wildman–Crippen MR) is 82.9 cm³/mol. The minimum Gasteiger partial charge on any atom is -0.441 e. The lowest BCUT2D eigenvalue weighted by Gasteiger charge is -2.32. The van der Waals surface area contributed by atoms with E-state index in [4.69, 9.17) is 9.47 Å². The van der Waals surface area contributed by atoms with Crippen LogP contribution in [0.15, 0.2) is 24.3 Å². The molecule has 1 aliphatic carbocycles. The Morgan fingerprint density at radius 3 is 2.59 bits per heavy atom. The molecule has 1 N–H and O–H groups in total. The third-order valence-electron chi connectivity index (χ3n) is 4.62. The van der Waals surface area contributed by atoms with Crippen molar-refractivity contribution in [3.05, 3.63) is 29.8 Å². The van der Waals surface area contributed by atoms with Gasteiger partial charge in [0.25, 0.3) is 0 Å². The number of hydrogen-bond donors (Lipinski definition) is 1. The predicted octanol–water partition coefficient (Wildman–Crippen LogP) is 2.81. The smallest absolute Gasteiger partial charge is 0.414 e. The Labute approximate surface area is 130 Å². The zero-order valence-electron chi connectivity index (χ0n) is 13.0. The number of benzene rings is 1. The molecule has 1 aromatic rings. The van der Waals surface area contributed by atoms with E-state index in [0.29, 0.717) is 13.2 Å². The number of anilines is 1. The van der Waals surface area contributed by atoms with Crippen molar-refractivity contribution in [2.24, 2.45) is 0 Å². The van der Waals surface area contributed by atoms with Crippen molar-refractivity contribution < 1.29 is 19.4 Å². The summed E-state index contributed by atoms with van der Waals surface area (Å²) < 4.78 is 10.3. The molecule has 2 fully saturated rings. The number of nitrogens with zero attached hydrogens (tertiary/aromatic N) is 1. The van der Waals surface area contributed by atoms with Gasteiger partial charge in [-0.25, -0.2) is 4.79 Å². The number of methoxy groups -OCH3 is 1. The first kappa shape index (κ1) is 15.3. The van der Waals surface area contributed by atoms with Gasteiger partial charge in [0.15, 0.2) is 0 Å². The number of hydrogen-bond acceptors (Lipinski definition) is 4. The fraction of sp³-hybridized carbons (Fsp3) is 0.588. The van der Waals surface area contributed by atoms with Crippen LogP contribution in [0.2, 0.25) is 0 Å². The third kappa shape index (κ3) is 2.96. The molecule has 1 saturated carbocycles. The van der Waals surface area contributed by atoms with E-state index in [-0.39, 0.29) is 12.2 Å². The van der Waals surface area contributed by atoms with Gasteiger partial charge in [0.1, 0.15) is 6.10 Å². The summed E-state index contributed by atoms with van der Waals surface area (Å²) in [6, 6.07) is 7.63. The van der Waals surface area contributed by atoms with Gasteiger partial charge in [0, 0.05) is 12.8 Å². The molecule has 0 aromatic heterocycles. The maximum absolute atomic E-state index is 11.9. The minimum atomic E-state index is -0.707. The van der Waals surface area contributed by atoms with Crippen LogP contribution in [0.5, 0.6) is 0 Å². The highest BCUT2D eigenvalue weighted by Gasteiger charge is 2.34. The number of amides is 1. The Bertz CT molecular complexity index is 522. The van der Waals surface area contributed by atoms with E-state index in [2.05, 4.69) is 0 Å². The Kier molecular flexibility index (Phi) is 4.36. The summed E-state index contributed by atoms with van der Waals surface area (Å²) in [5, 5.41) is 10.7. The van der Waals surface area contributed by atoms with E-state index in [1.54, 1.807) is 12.0 Å². The van der Waals surface area contributed by atoms with Crippen molar-refractivity contribution in [3.63, 3.8) is 0 Å². The zero-order chi connectivity index (χ0) is 15.6. The lowest BCUT2D eigenvalue weighted by Crippen LogP contribution is -2.29. The molecule has 0 spiro atoms. The van der Waals surface area contributed by atoms with Gasteiger partial charge in [-0.3, -0.25) is 4.90 Å². The SMILES string of the molecule is COCC1CN(c2ccc(C3(O)CCCCC3)cc2)C(=O)O1. The topological polar surface area (TPSA) is 59.0 Å². The number of carbonyl (C=O) groups is 1. The van der Waals surface area contributed by atoms with E-state index >= 15 is 0 Å². The van der Waals surface area contributed by atoms with Crippen LogP contribution < -0.4 is 4.90 Å². The Morgan fingerprint density at radius 2 is 1.95 bits per heavy atom. The van der Waals surface area contributed by atoms with Crippen molar-refractivity contribution in [1.29, 1.82) is 0 Å². The largest absolute Gasteiger partial charge is 0.441 e. The summed E-state index contributed by atoms with van der Waals surface area (Å²) in [7, 11) is 1.59. The van der Waals surface area contributed by atoms with E-state index in [0.717, 1.165) is 36.9 Å². The normalized spacial score (nSPS) is 24.4. The van der Waals surface area contributed by atoms with Crippen LogP contribution >= 0.6 is 0 Å². The van der Waals surface area contributed by atoms with Crippen molar-refractivity contribution in [2.75, 3.05) is 25.2 Å².